The summed E-state index contributed by atoms with van der Waals surface area (Å²) in [5.41, 5.74) is 13.3. The van der Waals surface area contributed by atoms with Crippen LogP contribution in [0.15, 0.2) is 59.6 Å². The van der Waals surface area contributed by atoms with Gasteiger partial charge in [-0.05, 0) is 81.4 Å². The third-order valence-corrected chi connectivity index (χ3v) is 22.3. The minimum atomic E-state index is -1.44. The van der Waals surface area contributed by atoms with E-state index in [-0.39, 0.29) is 160 Å². The molecule has 3 fully saturated rings. The van der Waals surface area contributed by atoms with Crippen LogP contribution in [0.25, 0.3) is 0 Å². The number of carboxylic acid groups (broad SMARTS) is 4. The Morgan fingerprint density at radius 1 is 0.542 bits per heavy atom. The number of benzene rings is 2. The molecule has 10 atom stereocenters. The lowest BCUT2D eigenvalue weighted by Crippen LogP contribution is -2.57. The molecule has 3 unspecified atom stereocenters. The number of rotatable bonds is 56. The van der Waals surface area contributed by atoms with Crippen molar-refractivity contribution in [3.63, 3.8) is 0 Å². The first-order valence-electron chi connectivity index (χ1n) is 40.2. The zero-order valence-corrected chi connectivity index (χ0v) is 69.3. The van der Waals surface area contributed by atoms with Crippen LogP contribution in [0.5, 0.6) is 0 Å². The van der Waals surface area contributed by atoms with Gasteiger partial charge in [0, 0.05) is 140 Å². The van der Waals surface area contributed by atoms with Crippen molar-refractivity contribution in [1.29, 1.82) is 0 Å². The van der Waals surface area contributed by atoms with Crippen molar-refractivity contribution in [2.45, 2.75) is 183 Å². The van der Waals surface area contributed by atoms with Crippen molar-refractivity contribution in [3.05, 3.63) is 71.3 Å². The molecule has 3 aliphatic heterocycles. The highest BCUT2D eigenvalue weighted by atomic mass is 32.2. The Bertz CT molecular complexity index is 3620. The highest BCUT2D eigenvalue weighted by Crippen LogP contribution is 2.28. The van der Waals surface area contributed by atoms with Crippen LogP contribution >= 0.6 is 23.5 Å². The number of aliphatic carboxylic acids is 4. The largest absolute Gasteiger partial charge is 0.480 e. The molecule has 5 rings (SSSR count). The predicted octanol–water partition coefficient (Wildman–Crippen LogP) is -0.262. The molecule has 0 spiro atoms. The number of amides is 11. The number of carbonyl (C=O) groups excluding carboxylic acids is 11. The zero-order chi connectivity index (χ0) is 86.5. The Labute approximate surface area is 696 Å². The lowest BCUT2D eigenvalue weighted by atomic mass is 10.0. The van der Waals surface area contributed by atoms with Gasteiger partial charge in [0.15, 0.2) is 0 Å². The number of carboxylic acids is 4. The van der Waals surface area contributed by atoms with Gasteiger partial charge in [-0.2, -0.15) is 23.5 Å². The van der Waals surface area contributed by atoms with Crippen LogP contribution in [0.2, 0.25) is 0 Å². The highest BCUT2D eigenvalue weighted by molar-refractivity contribution is 7.98. The lowest BCUT2D eigenvalue weighted by Gasteiger charge is -2.31. The van der Waals surface area contributed by atoms with Crippen LogP contribution in [-0.2, 0) is 104 Å². The van der Waals surface area contributed by atoms with Crippen molar-refractivity contribution in [2.75, 3.05) is 130 Å². The van der Waals surface area contributed by atoms with Gasteiger partial charge in [0.2, 0.25) is 59.1 Å². The number of thioether (sulfide) groups is 2. The molecule has 3 saturated heterocycles. The number of aliphatic imine (C=N–C) groups is 1. The van der Waals surface area contributed by atoms with E-state index < -0.39 is 143 Å². The van der Waals surface area contributed by atoms with Crippen LogP contribution in [0, 0.1) is 11.8 Å². The Balaban J connectivity index is 1.06. The summed E-state index contributed by atoms with van der Waals surface area (Å²) in [5.74, 6) is -12.7. The molecule has 15 N–H and O–H groups in total. The number of ether oxygens (including phenoxy) is 3. The normalized spacial score (nSPS) is 17.6. The molecule has 0 radical (unpaired) electrons. The first-order valence-corrected chi connectivity index (χ1v) is 42.5. The standard InChI is InChI=1S/C79H120N14O23S2/c1-4-5-18-58(85-68(98)26-25-67(97)83-28-13-38-115-40-42-116-41-39-114-37-12-27-82-66(96)24-22-64(79(112)113)91-35-33-89(46-69(99)100)31-32-90(34-36-91)47-70(101)102)73(105)84-45-57(76(108)93-30-11-20-63(93)77(109)92-29-10-19-62(92)71(81)103)50-117-48-55-16-9-17-56(43-55)49-118-51-61(78(110)111)88-75(107)60(44-54-14-7-6-8-15-54)87-74(106)59(21-23-65(80)95)86-72(104)52(2)53(3)94/h6-9,14-17,43,45,52-53,57-64,94H,4-5,10-13,18-42,44,46-51H2,1-3H3,(H2,80,95)(H2,81,103)(H,82,96)(H,83,97)(H,85,98)(H,86,104)(H,87,106)(H,88,107)(H,99,100)(H,101,102)(H,110,111)(H,112,113)/t52-,53+,57?,58-,59-,60-,61?,62-,63-,64?/m0/s1. The molecule has 0 aliphatic carbocycles. The van der Waals surface area contributed by atoms with Crippen LogP contribution in [0.3, 0.4) is 0 Å². The minimum Gasteiger partial charge on any atom is -0.480 e. The molecular weight excluding hydrogens is 1580 g/mol. The van der Waals surface area contributed by atoms with E-state index in [1.165, 1.54) is 53.4 Å². The van der Waals surface area contributed by atoms with Crippen molar-refractivity contribution < 1.29 is 112 Å². The summed E-state index contributed by atoms with van der Waals surface area (Å²) in [6.07, 6.45) is 3.18. The van der Waals surface area contributed by atoms with Gasteiger partial charge in [-0.1, -0.05) is 81.3 Å². The maximum atomic E-state index is 14.8. The molecule has 39 heteroatoms. The topological polar surface area (TPSA) is 538 Å². The van der Waals surface area contributed by atoms with E-state index in [1.807, 2.05) is 31.2 Å². The van der Waals surface area contributed by atoms with Gasteiger partial charge in [-0.25, -0.2) is 9.79 Å². The maximum Gasteiger partial charge on any atom is 0.327 e. The molecule has 3 heterocycles. The number of primary amides is 2. The Morgan fingerprint density at radius 2 is 1.07 bits per heavy atom. The smallest absolute Gasteiger partial charge is 0.327 e. The molecule has 2 aromatic carbocycles. The summed E-state index contributed by atoms with van der Waals surface area (Å²) in [6.45, 7) is 8.54. The molecule has 656 valence electrons. The number of nitrogens with one attached hydrogen (secondary N) is 6. The van der Waals surface area contributed by atoms with E-state index in [1.54, 1.807) is 45.0 Å². The van der Waals surface area contributed by atoms with Gasteiger partial charge in [0.1, 0.15) is 42.3 Å². The molecule has 0 saturated carbocycles. The fourth-order valence-corrected chi connectivity index (χ4v) is 15.3. The summed E-state index contributed by atoms with van der Waals surface area (Å²) in [7, 11) is 0. The molecule has 118 heavy (non-hydrogen) atoms. The second-order valence-corrected chi connectivity index (χ2v) is 31.4. The summed E-state index contributed by atoms with van der Waals surface area (Å²) in [6, 6.07) is 8.02. The number of carbonyl (C=O) groups is 15. The fourth-order valence-electron chi connectivity index (χ4n) is 13.3. The number of hydrogen-bond donors (Lipinski definition) is 13. The molecule has 2 aromatic rings. The maximum absolute atomic E-state index is 14.8. The third kappa shape index (κ3) is 37.8. The van der Waals surface area contributed by atoms with Gasteiger partial charge in [0.05, 0.1) is 57.5 Å². The van der Waals surface area contributed by atoms with Gasteiger partial charge in [-0.15, -0.1) is 0 Å². The second kappa shape index (κ2) is 54.8. The fraction of sp³-hybridized carbons (Fsp3) is 0.646. The number of nitrogens with zero attached hydrogens (tertiary/aromatic N) is 6. The zero-order valence-electron chi connectivity index (χ0n) is 67.7. The number of aliphatic hydroxyl groups is 1. The van der Waals surface area contributed by atoms with E-state index in [9.17, 15) is 97.5 Å². The van der Waals surface area contributed by atoms with Gasteiger partial charge in [0.25, 0.3) is 5.91 Å². The van der Waals surface area contributed by atoms with E-state index in [4.69, 9.17) is 25.7 Å². The predicted molar refractivity (Wildman–Crippen MR) is 436 cm³/mol. The number of unbranched alkanes of at least 4 members (excludes halogenated alkanes) is 1. The van der Waals surface area contributed by atoms with Crippen molar-refractivity contribution in [3.8, 4) is 0 Å². The average molecular weight is 1700 g/mol. The molecule has 11 amide bonds. The first-order chi connectivity index (χ1) is 56.4. The Kier molecular flexibility index (Phi) is 46.1. The summed E-state index contributed by atoms with van der Waals surface area (Å²) in [5, 5.41) is 65.1. The molecule has 3 aliphatic rings. The molecule has 0 aromatic heterocycles. The van der Waals surface area contributed by atoms with E-state index in [0.717, 1.165) is 11.1 Å². The quantitative estimate of drug-likeness (QED) is 0.0300. The van der Waals surface area contributed by atoms with Crippen molar-refractivity contribution >= 4 is 119 Å². The molecular formula is C79H120N14O23S2. The van der Waals surface area contributed by atoms with Crippen LogP contribution in [0.4, 0.5) is 0 Å². The Hall–Kier alpha value is -9.22. The molecule has 0 bridgehead atoms. The van der Waals surface area contributed by atoms with Crippen molar-refractivity contribution in [2.24, 2.45) is 28.3 Å². The SMILES string of the molecule is CCCC[C@H](NC(=O)CCC(=O)NCCCOCCOCCOCCCNC(=O)CCC(C(=O)O)N1CCN(CC(=O)O)CCN(CC(=O)O)CC1)C(=O)N=CC(CSCc1cccc(CSCC(NC(=O)[C@H](Cc2ccccc2)NC(=O)[C@H](CCC(N)=O)NC(=O)[C@@H](C)[C@@H](C)O)C(=O)O)c1)C(=O)N1CCC[C@H]1C(=O)N1CCC[C@H]1C(N)=O. The number of nitrogens with two attached hydrogens (primary N) is 2. The van der Waals surface area contributed by atoms with Gasteiger partial charge >= 0.3 is 23.9 Å². The van der Waals surface area contributed by atoms with Crippen LogP contribution in [0.1, 0.15) is 134 Å². The molecule has 37 nitrogen and oxygen atoms in total. The van der Waals surface area contributed by atoms with Crippen LogP contribution < -0.4 is 43.4 Å². The van der Waals surface area contributed by atoms with Crippen LogP contribution in [-0.4, -0.2) is 323 Å². The summed E-state index contributed by atoms with van der Waals surface area (Å²) < 4.78 is 16.8. The lowest BCUT2D eigenvalue weighted by molar-refractivity contribution is -0.146. The second-order valence-electron chi connectivity index (χ2n) is 29.4. The van der Waals surface area contributed by atoms with Gasteiger partial charge < -0.3 is 92.9 Å². The van der Waals surface area contributed by atoms with Crippen molar-refractivity contribution in [1.82, 2.24) is 56.4 Å². The summed E-state index contributed by atoms with van der Waals surface area (Å²) in [4.78, 5) is 207. The van der Waals surface area contributed by atoms with Gasteiger partial charge in [-0.3, -0.25) is 81.8 Å². The number of likely N-dealkylation sites (tertiary alicyclic amines) is 2. The van der Waals surface area contributed by atoms with E-state index in [2.05, 4.69) is 36.9 Å². The number of hydrogen-bond acceptors (Lipinski definition) is 24. The monoisotopic (exact) mass is 1700 g/mol. The minimum absolute atomic E-state index is 0.00634. The Morgan fingerprint density at radius 3 is 1.63 bits per heavy atom. The van der Waals surface area contributed by atoms with E-state index >= 15 is 0 Å². The third-order valence-electron chi connectivity index (χ3n) is 20.1. The summed E-state index contributed by atoms with van der Waals surface area (Å²) >= 11 is 2.56. The first kappa shape index (κ1) is 99.3. The van der Waals surface area contributed by atoms with E-state index in [0.29, 0.717) is 95.5 Å². The highest BCUT2D eigenvalue weighted by Gasteiger charge is 2.43. The average Bonchev–Trinajstić information content (AvgIpc) is 1.65. The number of aliphatic hydroxyl groups excluding tert-OH is 1.